The maximum absolute atomic E-state index is 13.3. The minimum Gasteiger partial charge on any atom is -0.337 e. The SMILES string of the molecule is Cc1cc(-c2noc(C(C)N3CCNCC3)n2)cc2c1C(=O)N([C@@H](C)c1ccc(Cl)cc1)C2. The molecule has 1 amide bonds. The zero-order valence-electron chi connectivity index (χ0n) is 19.1. The van der Waals surface area contributed by atoms with E-state index < -0.39 is 0 Å². The lowest BCUT2D eigenvalue weighted by molar-refractivity contribution is 0.0715. The van der Waals surface area contributed by atoms with Crippen LogP contribution >= 0.6 is 11.6 Å². The van der Waals surface area contributed by atoms with E-state index in [0.717, 1.165) is 54.0 Å². The maximum Gasteiger partial charge on any atom is 0.255 e. The number of fused-ring (bicyclic) bond motifs is 1. The summed E-state index contributed by atoms with van der Waals surface area (Å²) in [5, 5.41) is 8.31. The van der Waals surface area contributed by atoms with Gasteiger partial charge in [-0.1, -0.05) is 28.9 Å². The van der Waals surface area contributed by atoms with Gasteiger partial charge in [-0.15, -0.1) is 0 Å². The number of benzene rings is 2. The number of nitrogens with one attached hydrogen (secondary N) is 1. The molecular formula is C25H28ClN5O2. The van der Waals surface area contributed by atoms with Gasteiger partial charge in [-0.05, 0) is 61.7 Å². The summed E-state index contributed by atoms with van der Waals surface area (Å²) < 4.78 is 5.63. The van der Waals surface area contributed by atoms with Crippen molar-refractivity contribution in [3.8, 4) is 11.4 Å². The molecule has 0 bridgehead atoms. The third-order valence-electron chi connectivity index (χ3n) is 6.81. The predicted octanol–water partition coefficient (Wildman–Crippen LogP) is 4.38. The molecule has 0 spiro atoms. The second kappa shape index (κ2) is 8.89. The van der Waals surface area contributed by atoms with Gasteiger partial charge >= 0.3 is 0 Å². The highest BCUT2D eigenvalue weighted by Crippen LogP contribution is 2.35. The molecule has 0 aliphatic carbocycles. The van der Waals surface area contributed by atoms with Crippen LogP contribution in [-0.4, -0.2) is 52.0 Å². The topological polar surface area (TPSA) is 74.5 Å². The number of halogens is 1. The van der Waals surface area contributed by atoms with Gasteiger partial charge in [0.2, 0.25) is 11.7 Å². The van der Waals surface area contributed by atoms with E-state index in [1.54, 1.807) is 0 Å². The summed E-state index contributed by atoms with van der Waals surface area (Å²) in [7, 11) is 0. The van der Waals surface area contributed by atoms with E-state index in [4.69, 9.17) is 21.1 Å². The number of amides is 1. The van der Waals surface area contributed by atoms with E-state index in [-0.39, 0.29) is 18.0 Å². The first-order chi connectivity index (χ1) is 15.9. The Hall–Kier alpha value is -2.74. The van der Waals surface area contributed by atoms with Crippen molar-refractivity contribution in [2.75, 3.05) is 26.2 Å². The van der Waals surface area contributed by atoms with Crippen LogP contribution in [0.1, 0.15) is 58.9 Å². The first kappa shape index (κ1) is 22.1. The van der Waals surface area contributed by atoms with Crippen molar-refractivity contribution in [3.05, 3.63) is 69.6 Å². The number of aromatic nitrogens is 2. The minimum absolute atomic E-state index is 0.0534. The van der Waals surface area contributed by atoms with E-state index in [2.05, 4.69) is 22.3 Å². The molecule has 2 aliphatic heterocycles. The first-order valence-electron chi connectivity index (χ1n) is 11.4. The van der Waals surface area contributed by atoms with Crippen LogP contribution in [0.4, 0.5) is 0 Å². The second-order valence-corrected chi connectivity index (χ2v) is 9.34. The average Bonchev–Trinajstić information content (AvgIpc) is 3.44. The monoisotopic (exact) mass is 465 g/mol. The molecule has 7 nitrogen and oxygen atoms in total. The molecule has 1 N–H and O–H groups in total. The lowest BCUT2D eigenvalue weighted by atomic mass is 10.00. The fourth-order valence-corrected chi connectivity index (χ4v) is 4.93. The number of carbonyl (C=O) groups is 1. The van der Waals surface area contributed by atoms with E-state index in [1.165, 1.54) is 0 Å². The summed E-state index contributed by atoms with van der Waals surface area (Å²) in [5.74, 6) is 1.24. The summed E-state index contributed by atoms with van der Waals surface area (Å²) in [6.45, 7) is 10.5. The van der Waals surface area contributed by atoms with Crippen LogP contribution < -0.4 is 5.32 Å². The molecule has 1 aromatic heterocycles. The highest BCUT2D eigenvalue weighted by Gasteiger charge is 2.33. The summed E-state index contributed by atoms with van der Waals surface area (Å²) in [5.41, 5.74) is 4.64. The number of carbonyl (C=O) groups excluding carboxylic acids is 1. The van der Waals surface area contributed by atoms with Crippen LogP contribution in [0.5, 0.6) is 0 Å². The van der Waals surface area contributed by atoms with Crippen LogP contribution in [0, 0.1) is 6.92 Å². The molecule has 33 heavy (non-hydrogen) atoms. The third-order valence-corrected chi connectivity index (χ3v) is 7.06. The number of hydrogen-bond donors (Lipinski definition) is 1. The van der Waals surface area contributed by atoms with Crippen LogP contribution in [0.3, 0.4) is 0 Å². The van der Waals surface area contributed by atoms with Gasteiger partial charge in [0.1, 0.15) is 0 Å². The lowest BCUT2D eigenvalue weighted by Gasteiger charge is -2.30. The molecule has 0 saturated carbocycles. The van der Waals surface area contributed by atoms with Crippen molar-refractivity contribution in [3.63, 3.8) is 0 Å². The fraction of sp³-hybridized carbons (Fsp3) is 0.400. The third kappa shape index (κ3) is 4.16. The van der Waals surface area contributed by atoms with Gasteiger partial charge in [0, 0.05) is 48.9 Å². The molecule has 2 aliphatic rings. The normalized spacial score (nSPS) is 18.4. The van der Waals surface area contributed by atoms with E-state index in [9.17, 15) is 4.79 Å². The molecule has 5 rings (SSSR count). The predicted molar refractivity (Wildman–Crippen MR) is 127 cm³/mol. The fourth-order valence-electron chi connectivity index (χ4n) is 4.80. The van der Waals surface area contributed by atoms with Crippen molar-refractivity contribution in [2.24, 2.45) is 0 Å². The van der Waals surface area contributed by atoms with Crippen molar-refractivity contribution < 1.29 is 9.32 Å². The Balaban J connectivity index is 1.39. The molecule has 172 valence electrons. The quantitative estimate of drug-likeness (QED) is 0.602. The number of aryl methyl sites for hydroxylation is 1. The average molecular weight is 466 g/mol. The number of rotatable bonds is 5. The van der Waals surface area contributed by atoms with Crippen LogP contribution in [0.15, 0.2) is 40.9 Å². The van der Waals surface area contributed by atoms with Crippen molar-refractivity contribution in [2.45, 2.75) is 39.4 Å². The van der Waals surface area contributed by atoms with Crippen LogP contribution in [-0.2, 0) is 6.54 Å². The summed E-state index contributed by atoms with van der Waals surface area (Å²) in [6, 6.07) is 11.7. The van der Waals surface area contributed by atoms with Crippen molar-refractivity contribution in [1.82, 2.24) is 25.3 Å². The highest BCUT2D eigenvalue weighted by atomic mass is 35.5. The van der Waals surface area contributed by atoms with E-state index >= 15 is 0 Å². The van der Waals surface area contributed by atoms with Gasteiger partial charge in [0.25, 0.3) is 5.91 Å². The van der Waals surface area contributed by atoms with Gasteiger partial charge < -0.3 is 14.7 Å². The molecule has 3 heterocycles. The molecule has 0 radical (unpaired) electrons. The number of piperazine rings is 1. The zero-order valence-corrected chi connectivity index (χ0v) is 19.9. The minimum atomic E-state index is -0.0540. The maximum atomic E-state index is 13.3. The van der Waals surface area contributed by atoms with Crippen LogP contribution in [0.25, 0.3) is 11.4 Å². The molecule has 2 atom stereocenters. The number of hydrogen-bond acceptors (Lipinski definition) is 6. The Morgan fingerprint density at radius 1 is 1.09 bits per heavy atom. The molecule has 2 aromatic carbocycles. The first-order valence-corrected chi connectivity index (χ1v) is 11.8. The standard InChI is InChI=1S/C25H28ClN5O2/c1-15-12-19(23-28-24(33-29-23)17(3)30-10-8-27-9-11-30)13-20-14-31(25(32)22(15)20)16(2)18-4-6-21(26)7-5-18/h4-7,12-13,16-17,27H,8-11,14H2,1-3H3/t16-,17?/m0/s1. The van der Waals surface area contributed by atoms with Crippen molar-refractivity contribution in [1.29, 1.82) is 0 Å². The lowest BCUT2D eigenvalue weighted by Crippen LogP contribution is -2.44. The Morgan fingerprint density at radius 2 is 1.82 bits per heavy atom. The van der Waals surface area contributed by atoms with Gasteiger partial charge in [-0.2, -0.15) is 4.98 Å². The Labute approximate surface area is 198 Å². The second-order valence-electron chi connectivity index (χ2n) is 8.91. The highest BCUT2D eigenvalue weighted by molar-refractivity contribution is 6.30. The molecule has 8 heteroatoms. The van der Waals surface area contributed by atoms with Crippen LogP contribution in [0.2, 0.25) is 5.02 Å². The molecular weight excluding hydrogens is 438 g/mol. The van der Waals surface area contributed by atoms with Gasteiger partial charge in [-0.25, -0.2) is 0 Å². The molecule has 1 fully saturated rings. The Morgan fingerprint density at radius 3 is 2.55 bits per heavy atom. The van der Waals surface area contributed by atoms with Gasteiger partial charge in [0.05, 0.1) is 12.1 Å². The molecule has 1 unspecified atom stereocenters. The van der Waals surface area contributed by atoms with Gasteiger partial charge in [-0.3, -0.25) is 9.69 Å². The Bertz CT molecular complexity index is 1170. The Kier molecular flexibility index (Phi) is 5.95. The smallest absolute Gasteiger partial charge is 0.255 e. The van der Waals surface area contributed by atoms with E-state index in [0.29, 0.717) is 23.3 Å². The summed E-state index contributed by atoms with van der Waals surface area (Å²) in [4.78, 5) is 22.2. The van der Waals surface area contributed by atoms with Gasteiger partial charge in [0.15, 0.2) is 0 Å². The molecule has 3 aromatic rings. The molecule has 1 saturated heterocycles. The summed E-state index contributed by atoms with van der Waals surface area (Å²) in [6.07, 6.45) is 0. The largest absolute Gasteiger partial charge is 0.337 e. The van der Waals surface area contributed by atoms with Crippen molar-refractivity contribution >= 4 is 17.5 Å². The zero-order chi connectivity index (χ0) is 23.1. The number of nitrogens with zero attached hydrogens (tertiary/aromatic N) is 4. The van der Waals surface area contributed by atoms with E-state index in [1.807, 2.05) is 55.1 Å². The summed E-state index contributed by atoms with van der Waals surface area (Å²) >= 11 is 6.03.